The van der Waals surface area contributed by atoms with Crippen molar-refractivity contribution in [3.63, 3.8) is 0 Å². The molecular weight excluding hydrogens is 410 g/mol. The molecule has 0 radical (unpaired) electrons. The molecule has 9 heteroatoms. The van der Waals surface area contributed by atoms with Crippen molar-refractivity contribution in [1.82, 2.24) is 19.7 Å². The molecule has 2 saturated heterocycles. The quantitative estimate of drug-likeness (QED) is 0.766. The number of carbonyl (C=O) groups is 3. The Bertz CT molecular complexity index is 1030. The summed E-state index contributed by atoms with van der Waals surface area (Å²) in [6.07, 6.45) is 5.99. The number of benzene rings is 1. The van der Waals surface area contributed by atoms with E-state index in [9.17, 15) is 14.4 Å². The number of carbonyl (C=O) groups excluding carboxylic acids is 2. The average molecular weight is 440 g/mol. The second-order valence-corrected chi connectivity index (χ2v) is 8.96. The Morgan fingerprint density at radius 2 is 1.66 bits per heavy atom. The van der Waals surface area contributed by atoms with E-state index in [4.69, 9.17) is 5.11 Å². The van der Waals surface area contributed by atoms with Gasteiger partial charge < -0.3 is 14.6 Å². The first-order chi connectivity index (χ1) is 15.5. The van der Waals surface area contributed by atoms with E-state index in [1.54, 1.807) is 4.90 Å². The van der Waals surface area contributed by atoms with Crippen molar-refractivity contribution < 1.29 is 19.5 Å². The largest absolute Gasteiger partial charge is 0.465 e. The topological polar surface area (TPSA) is 98.1 Å². The summed E-state index contributed by atoms with van der Waals surface area (Å²) in [5.41, 5.74) is 1.96. The van der Waals surface area contributed by atoms with E-state index >= 15 is 0 Å². The maximum absolute atomic E-state index is 12.3. The Labute approximate surface area is 186 Å². The molecule has 9 nitrogen and oxygen atoms in total. The van der Waals surface area contributed by atoms with Crippen LogP contribution in [0.5, 0.6) is 0 Å². The number of piperazine rings is 1. The van der Waals surface area contributed by atoms with Crippen molar-refractivity contribution in [3.8, 4) is 0 Å². The van der Waals surface area contributed by atoms with Crippen LogP contribution in [-0.2, 0) is 4.79 Å². The van der Waals surface area contributed by atoms with Crippen molar-refractivity contribution >= 4 is 34.6 Å². The molecule has 2 aliphatic heterocycles. The third-order valence-corrected chi connectivity index (χ3v) is 7.25. The van der Waals surface area contributed by atoms with E-state index in [-0.39, 0.29) is 11.9 Å². The first-order valence-corrected chi connectivity index (χ1v) is 11.4. The number of fused-ring (bicyclic) bond motifs is 1. The van der Waals surface area contributed by atoms with Crippen molar-refractivity contribution in [2.75, 3.05) is 37.6 Å². The summed E-state index contributed by atoms with van der Waals surface area (Å²) in [5, 5.41) is 12.6. The first-order valence-electron chi connectivity index (χ1n) is 11.4. The second kappa shape index (κ2) is 8.46. The molecule has 3 aliphatic rings. The summed E-state index contributed by atoms with van der Waals surface area (Å²) in [7, 11) is 0. The van der Waals surface area contributed by atoms with Gasteiger partial charge in [-0.1, -0.05) is 6.07 Å². The van der Waals surface area contributed by atoms with Crippen LogP contribution in [0, 0.1) is 0 Å². The van der Waals surface area contributed by atoms with E-state index in [0.29, 0.717) is 38.1 Å². The summed E-state index contributed by atoms with van der Waals surface area (Å²) in [5.74, 6) is -0.225. The summed E-state index contributed by atoms with van der Waals surface area (Å²) < 4.78 is 2.34. The zero-order chi connectivity index (χ0) is 22.2. The predicted molar refractivity (Wildman–Crippen MR) is 120 cm³/mol. The van der Waals surface area contributed by atoms with Gasteiger partial charge in [-0.15, -0.1) is 0 Å². The lowest BCUT2D eigenvalue weighted by molar-refractivity contribution is -0.120. The van der Waals surface area contributed by atoms with Crippen LogP contribution >= 0.6 is 0 Å². The molecule has 0 bridgehead atoms. The molecule has 1 aromatic heterocycles. The van der Waals surface area contributed by atoms with E-state index in [1.165, 1.54) is 4.90 Å². The number of nitrogens with zero attached hydrogens (tertiary/aromatic N) is 4. The smallest absolute Gasteiger partial charge is 0.407 e. The lowest BCUT2D eigenvalue weighted by atomic mass is 9.89. The Kier molecular flexibility index (Phi) is 5.50. The number of imide groups is 1. The van der Waals surface area contributed by atoms with Crippen molar-refractivity contribution in [2.45, 2.75) is 44.2 Å². The van der Waals surface area contributed by atoms with Gasteiger partial charge >= 0.3 is 12.1 Å². The lowest BCUT2D eigenvalue weighted by Gasteiger charge is -2.41. The fraction of sp³-hybridized carbons (Fsp3) is 0.522. The van der Waals surface area contributed by atoms with Gasteiger partial charge in [0.15, 0.2) is 0 Å². The molecule has 1 saturated carbocycles. The van der Waals surface area contributed by atoms with Crippen LogP contribution in [0.3, 0.4) is 0 Å². The molecule has 32 heavy (non-hydrogen) atoms. The van der Waals surface area contributed by atoms with Crippen LogP contribution in [0.25, 0.3) is 10.9 Å². The number of carboxylic acid groups (broad SMARTS) is 1. The summed E-state index contributed by atoms with van der Waals surface area (Å²) in [6, 6.07) is 8.67. The Morgan fingerprint density at radius 1 is 0.938 bits per heavy atom. The predicted octanol–water partition coefficient (Wildman–Crippen LogP) is 2.87. The van der Waals surface area contributed by atoms with Crippen LogP contribution < -0.4 is 10.2 Å². The highest BCUT2D eigenvalue weighted by Crippen LogP contribution is 2.36. The van der Waals surface area contributed by atoms with E-state index in [2.05, 4.69) is 33.1 Å². The van der Waals surface area contributed by atoms with Crippen molar-refractivity contribution in [1.29, 1.82) is 0 Å². The van der Waals surface area contributed by atoms with Crippen LogP contribution in [0.2, 0.25) is 0 Å². The number of hydrogen-bond donors (Lipinski definition) is 2. The highest BCUT2D eigenvalue weighted by atomic mass is 16.4. The minimum absolute atomic E-state index is 0.225. The molecular formula is C23H29N5O4. The van der Waals surface area contributed by atoms with Crippen LogP contribution in [0.4, 0.5) is 15.3 Å². The molecule has 3 fully saturated rings. The fourth-order valence-corrected chi connectivity index (χ4v) is 5.50. The highest BCUT2D eigenvalue weighted by molar-refractivity contribution is 6.09. The van der Waals surface area contributed by atoms with Crippen molar-refractivity contribution in [2.24, 2.45) is 0 Å². The van der Waals surface area contributed by atoms with Crippen LogP contribution in [-0.4, -0.2) is 76.3 Å². The van der Waals surface area contributed by atoms with Gasteiger partial charge in [0.2, 0.25) is 5.91 Å². The fourth-order valence-electron chi connectivity index (χ4n) is 5.50. The van der Waals surface area contributed by atoms with E-state index in [1.807, 2.05) is 12.1 Å². The molecule has 3 heterocycles. The number of nitrogens with one attached hydrogen (secondary N) is 1. The lowest BCUT2D eigenvalue weighted by Crippen LogP contribution is -2.52. The Morgan fingerprint density at radius 3 is 2.34 bits per heavy atom. The molecule has 170 valence electrons. The van der Waals surface area contributed by atoms with Gasteiger partial charge in [-0.3, -0.25) is 19.9 Å². The standard InChI is InChI=1S/C23H29N5O4/c29-21-9-11-28(22(30)24-21)20-3-1-2-19-18(20)8-10-27(19)17-6-4-16(5-7-17)25-12-14-26(15-13-25)23(31)32/h1-3,8,10,16-17H,4-7,9,11-15H2,(H,31,32)(H,24,29,30). The molecule has 2 aromatic rings. The Hall–Kier alpha value is -3.07. The third kappa shape index (κ3) is 3.81. The number of hydrogen-bond acceptors (Lipinski definition) is 4. The number of amides is 4. The number of aromatic nitrogens is 1. The van der Waals surface area contributed by atoms with E-state index in [0.717, 1.165) is 55.4 Å². The molecule has 0 atom stereocenters. The van der Waals surface area contributed by atoms with Gasteiger partial charge in [0.05, 0.1) is 11.2 Å². The first kappa shape index (κ1) is 20.8. The summed E-state index contributed by atoms with van der Waals surface area (Å²) >= 11 is 0. The molecule has 0 spiro atoms. The van der Waals surface area contributed by atoms with Gasteiger partial charge in [-0.05, 0) is 43.9 Å². The normalized spacial score (nSPS) is 25.2. The van der Waals surface area contributed by atoms with Gasteiger partial charge in [0.1, 0.15) is 0 Å². The molecule has 5 rings (SSSR count). The minimum atomic E-state index is -0.819. The van der Waals surface area contributed by atoms with Gasteiger partial charge in [-0.25, -0.2) is 9.59 Å². The minimum Gasteiger partial charge on any atom is -0.465 e. The number of anilines is 1. The maximum Gasteiger partial charge on any atom is 0.407 e. The van der Waals surface area contributed by atoms with Crippen LogP contribution in [0.15, 0.2) is 30.5 Å². The van der Waals surface area contributed by atoms with E-state index < -0.39 is 6.09 Å². The van der Waals surface area contributed by atoms with Gasteiger partial charge in [0, 0.05) is 62.8 Å². The van der Waals surface area contributed by atoms with Gasteiger partial charge in [0.25, 0.3) is 0 Å². The highest BCUT2D eigenvalue weighted by Gasteiger charge is 2.31. The summed E-state index contributed by atoms with van der Waals surface area (Å²) in [4.78, 5) is 40.6. The molecule has 2 N–H and O–H groups in total. The molecule has 1 aliphatic carbocycles. The number of rotatable bonds is 3. The second-order valence-electron chi connectivity index (χ2n) is 8.96. The SMILES string of the molecule is O=C1CCN(c2cccc3c2ccn3C2CCC(N3CCN(C(=O)O)CC3)CC2)C(=O)N1. The maximum atomic E-state index is 12.3. The third-order valence-electron chi connectivity index (χ3n) is 7.25. The Balaban J connectivity index is 1.27. The molecule has 0 unspecified atom stereocenters. The molecule has 4 amide bonds. The molecule has 1 aromatic carbocycles. The van der Waals surface area contributed by atoms with Gasteiger partial charge in [-0.2, -0.15) is 0 Å². The monoisotopic (exact) mass is 439 g/mol. The number of urea groups is 1. The average Bonchev–Trinajstić information content (AvgIpc) is 3.24. The zero-order valence-corrected chi connectivity index (χ0v) is 18.1. The zero-order valence-electron chi connectivity index (χ0n) is 18.1. The van der Waals surface area contributed by atoms with Crippen molar-refractivity contribution in [3.05, 3.63) is 30.5 Å². The van der Waals surface area contributed by atoms with Crippen LogP contribution in [0.1, 0.15) is 38.1 Å². The summed E-state index contributed by atoms with van der Waals surface area (Å²) in [6.45, 7) is 3.22.